The number of ether oxygens (including phenoxy) is 2. The van der Waals surface area contributed by atoms with Crippen LogP contribution in [0.1, 0.15) is 138 Å². The number of amides is 1. The van der Waals surface area contributed by atoms with Crippen LogP contribution in [0.5, 0.6) is 0 Å². The van der Waals surface area contributed by atoms with Gasteiger partial charge in [0.1, 0.15) is 5.01 Å². The normalized spacial score (nSPS) is 19.6. The first-order valence-corrected chi connectivity index (χ1v) is 19.6. The number of aromatic nitrogens is 2. The fraction of sp³-hybridized carbons (Fsp3) is 0.605. The zero-order valence-corrected chi connectivity index (χ0v) is 30.3. The number of thioether (sulfide) groups is 1. The fourth-order valence-electron chi connectivity index (χ4n) is 6.09. The maximum atomic E-state index is 12.8. The molecule has 1 aliphatic heterocycles. The van der Waals surface area contributed by atoms with E-state index in [2.05, 4.69) is 29.4 Å². The van der Waals surface area contributed by atoms with Crippen LogP contribution >= 0.6 is 23.1 Å². The highest BCUT2D eigenvalue weighted by Crippen LogP contribution is 2.43. The van der Waals surface area contributed by atoms with Crippen LogP contribution in [0.25, 0.3) is 0 Å². The van der Waals surface area contributed by atoms with Gasteiger partial charge in [0.05, 0.1) is 18.8 Å². The van der Waals surface area contributed by atoms with Gasteiger partial charge in [-0.3, -0.25) is 4.79 Å². The van der Waals surface area contributed by atoms with Crippen molar-refractivity contribution in [2.75, 3.05) is 11.1 Å². The van der Waals surface area contributed by atoms with E-state index in [1.54, 1.807) is 23.1 Å². The van der Waals surface area contributed by atoms with Crippen LogP contribution in [0.4, 0.5) is 5.69 Å². The number of benzene rings is 2. The molecule has 4 rings (SSSR count). The second kappa shape index (κ2) is 20.9. The number of rotatable bonds is 21. The SMILES string of the molecule is CCCCCCCCCCCCCCCC(=O)Nc1cccc(C2O[C@H](CSc3nnc(C)s3)[C@H](C)[C@H](c3ccc(CO)cc3)O2)c1. The van der Waals surface area contributed by atoms with Gasteiger partial charge < -0.3 is 19.9 Å². The Kier molecular flexibility index (Phi) is 16.7. The van der Waals surface area contributed by atoms with E-state index in [9.17, 15) is 9.90 Å². The van der Waals surface area contributed by atoms with Crippen molar-refractivity contribution >= 4 is 34.7 Å². The first-order valence-electron chi connectivity index (χ1n) is 17.8. The van der Waals surface area contributed by atoms with Crippen molar-refractivity contribution in [1.82, 2.24) is 10.2 Å². The third-order valence-electron chi connectivity index (χ3n) is 8.95. The predicted molar refractivity (Wildman–Crippen MR) is 194 cm³/mol. The molecular formula is C38H55N3O4S2. The van der Waals surface area contributed by atoms with Gasteiger partial charge in [-0.15, -0.1) is 10.2 Å². The minimum atomic E-state index is -0.589. The van der Waals surface area contributed by atoms with Crippen LogP contribution in [0, 0.1) is 12.8 Å². The number of aliphatic hydroxyl groups excluding tert-OH is 1. The van der Waals surface area contributed by atoms with Crippen LogP contribution < -0.4 is 5.32 Å². The monoisotopic (exact) mass is 681 g/mol. The summed E-state index contributed by atoms with van der Waals surface area (Å²) >= 11 is 3.25. The van der Waals surface area contributed by atoms with E-state index in [0.717, 1.165) is 50.3 Å². The smallest absolute Gasteiger partial charge is 0.224 e. The van der Waals surface area contributed by atoms with E-state index >= 15 is 0 Å². The summed E-state index contributed by atoms with van der Waals surface area (Å²) in [5.41, 5.74) is 3.54. The average molecular weight is 682 g/mol. The van der Waals surface area contributed by atoms with Gasteiger partial charge in [0.25, 0.3) is 0 Å². The van der Waals surface area contributed by atoms with Gasteiger partial charge >= 0.3 is 0 Å². The maximum Gasteiger partial charge on any atom is 0.224 e. The predicted octanol–water partition coefficient (Wildman–Crippen LogP) is 10.3. The van der Waals surface area contributed by atoms with Gasteiger partial charge in [0.15, 0.2) is 10.6 Å². The number of hydrogen-bond acceptors (Lipinski definition) is 8. The minimum Gasteiger partial charge on any atom is -0.392 e. The van der Waals surface area contributed by atoms with Crippen LogP contribution in [0.3, 0.4) is 0 Å². The molecule has 2 aromatic carbocycles. The standard InChI is InChI=1S/C38H55N3O4S2/c1-4-5-6-7-8-9-10-11-12-13-14-15-16-20-35(43)39-33-19-17-18-32(25-33)37-44-34(27-46-38-41-40-29(3)47-38)28(2)36(45-37)31-23-21-30(26-42)22-24-31/h17-19,21-25,28,34,36-37,42H,4-16,20,26-27H2,1-3H3,(H,39,43)/t28-,34+,36+,37?/m0/s1. The number of unbranched alkanes of at least 4 members (excludes halogenated alkanes) is 12. The summed E-state index contributed by atoms with van der Waals surface area (Å²) in [7, 11) is 0. The second-order valence-corrected chi connectivity index (χ2v) is 15.3. The van der Waals surface area contributed by atoms with Gasteiger partial charge in [-0.05, 0) is 36.6 Å². The number of carbonyl (C=O) groups is 1. The second-order valence-electron chi connectivity index (χ2n) is 12.9. The lowest BCUT2D eigenvalue weighted by atomic mass is 9.91. The van der Waals surface area contributed by atoms with E-state index in [1.165, 1.54) is 70.6 Å². The number of nitrogens with one attached hydrogen (secondary N) is 1. The number of nitrogens with zero attached hydrogens (tertiary/aromatic N) is 2. The molecule has 0 aliphatic carbocycles. The topological polar surface area (TPSA) is 93.6 Å². The fourth-order valence-corrected chi connectivity index (χ4v) is 8.10. The highest BCUT2D eigenvalue weighted by molar-refractivity contribution is 8.01. The Balaban J connectivity index is 1.25. The lowest BCUT2D eigenvalue weighted by Gasteiger charge is -2.41. The zero-order valence-electron chi connectivity index (χ0n) is 28.6. The molecule has 7 nitrogen and oxygen atoms in total. The van der Waals surface area contributed by atoms with Gasteiger partial charge in [-0.1, -0.05) is 150 Å². The van der Waals surface area contributed by atoms with Crippen LogP contribution in [0.2, 0.25) is 0 Å². The molecule has 3 aromatic rings. The van der Waals surface area contributed by atoms with E-state index in [-0.39, 0.29) is 30.6 Å². The molecule has 4 atom stereocenters. The molecule has 1 aliphatic rings. The molecular weight excluding hydrogens is 627 g/mol. The van der Waals surface area contributed by atoms with E-state index in [4.69, 9.17) is 9.47 Å². The maximum absolute atomic E-state index is 12.8. The quantitative estimate of drug-likeness (QED) is 0.0854. The van der Waals surface area contributed by atoms with Crippen molar-refractivity contribution in [3.8, 4) is 0 Å². The Morgan fingerprint density at radius 2 is 1.53 bits per heavy atom. The molecule has 1 fully saturated rings. The average Bonchev–Trinajstić information content (AvgIpc) is 3.51. The number of anilines is 1. The number of hydrogen-bond donors (Lipinski definition) is 2. The summed E-state index contributed by atoms with van der Waals surface area (Å²) in [4.78, 5) is 12.8. The molecule has 9 heteroatoms. The molecule has 0 bridgehead atoms. The third-order valence-corrected chi connectivity index (χ3v) is 11.0. The highest BCUT2D eigenvalue weighted by atomic mass is 32.2. The Hall–Kier alpha value is -2.30. The summed E-state index contributed by atoms with van der Waals surface area (Å²) in [5, 5.41) is 22.0. The van der Waals surface area contributed by atoms with Crippen molar-refractivity contribution in [2.24, 2.45) is 5.92 Å². The summed E-state index contributed by atoms with van der Waals surface area (Å²) in [6.45, 7) is 6.39. The molecule has 1 amide bonds. The Morgan fingerprint density at radius 3 is 2.15 bits per heavy atom. The number of aliphatic hydroxyl groups is 1. The molecule has 0 saturated carbocycles. The summed E-state index contributed by atoms with van der Waals surface area (Å²) in [6.07, 6.45) is 16.4. The van der Waals surface area contributed by atoms with Crippen LogP contribution in [-0.4, -0.2) is 33.1 Å². The van der Waals surface area contributed by atoms with Crippen molar-refractivity contribution in [1.29, 1.82) is 0 Å². The van der Waals surface area contributed by atoms with Gasteiger partial charge in [0.2, 0.25) is 5.91 Å². The van der Waals surface area contributed by atoms with Crippen molar-refractivity contribution in [2.45, 2.75) is 140 Å². The Morgan fingerprint density at radius 1 is 0.872 bits per heavy atom. The van der Waals surface area contributed by atoms with Gasteiger partial charge in [-0.2, -0.15) is 0 Å². The minimum absolute atomic E-state index is 0.00545. The first-order chi connectivity index (χ1) is 23.0. The number of aryl methyl sites for hydroxylation is 1. The van der Waals surface area contributed by atoms with E-state index in [0.29, 0.717) is 6.42 Å². The molecule has 47 heavy (non-hydrogen) atoms. The van der Waals surface area contributed by atoms with Crippen molar-refractivity contribution in [3.05, 3.63) is 70.2 Å². The van der Waals surface area contributed by atoms with Gasteiger partial charge in [-0.25, -0.2) is 0 Å². The molecule has 1 aromatic heterocycles. The van der Waals surface area contributed by atoms with Crippen molar-refractivity contribution < 1.29 is 19.4 Å². The third kappa shape index (κ3) is 12.9. The van der Waals surface area contributed by atoms with Crippen LogP contribution in [0.15, 0.2) is 52.9 Å². The van der Waals surface area contributed by atoms with Crippen molar-refractivity contribution in [3.63, 3.8) is 0 Å². The number of carbonyl (C=O) groups excluding carboxylic acids is 1. The van der Waals surface area contributed by atoms with Crippen LogP contribution in [-0.2, 0) is 20.9 Å². The lowest BCUT2D eigenvalue weighted by Crippen LogP contribution is -2.38. The largest absolute Gasteiger partial charge is 0.392 e. The summed E-state index contributed by atoms with van der Waals surface area (Å²) in [5.74, 6) is 0.847. The molecule has 1 unspecified atom stereocenters. The van der Waals surface area contributed by atoms with E-state index < -0.39 is 6.29 Å². The molecule has 1 saturated heterocycles. The molecule has 2 heterocycles. The van der Waals surface area contributed by atoms with E-state index in [1.807, 2.05) is 55.5 Å². The molecule has 2 N–H and O–H groups in total. The molecule has 0 radical (unpaired) electrons. The Bertz CT molecular complexity index is 1320. The first kappa shape index (κ1) is 37.5. The highest BCUT2D eigenvalue weighted by Gasteiger charge is 2.38. The Labute approximate surface area is 290 Å². The zero-order chi connectivity index (χ0) is 33.3. The molecule has 0 spiro atoms. The summed E-state index contributed by atoms with van der Waals surface area (Å²) < 4.78 is 14.1. The summed E-state index contributed by atoms with van der Waals surface area (Å²) in [6, 6.07) is 15.8. The lowest BCUT2D eigenvalue weighted by molar-refractivity contribution is -0.268. The molecule has 258 valence electrons. The van der Waals surface area contributed by atoms with Gasteiger partial charge in [0, 0.05) is 29.3 Å².